The zero-order chi connectivity index (χ0) is 17.6. The van der Waals surface area contributed by atoms with E-state index in [1.165, 1.54) is 0 Å². The maximum atomic E-state index is 11.7. The van der Waals surface area contributed by atoms with Gasteiger partial charge in [0.2, 0.25) is 0 Å². The molecule has 0 saturated carbocycles. The number of hydrogen-bond donors (Lipinski definition) is 3. The van der Waals surface area contributed by atoms with Crippen LogP contribution in [0.25, 0.3) is 0 Å². The number of likely N-dealkylation sites (tertiary alicyclic amines) is 1. The van der Waals surface area contributed by atoms with Gasteiger partial charge in [0.25, 0.3) is 0 Å². The summed E-state index contributed by atoms with van der Waals surface area (Å²) in [4.78, 5) is 14.0. The molecule has 0 unspecified atom stereocenters. The van der Waals surface area contributed by atoms with E-state index in [-0.39, 0.29) is 28.7 Å². The molecule has 2 saturated heterocycles. The molecule has 25 heavy (non-hydrogen) atoms. The number of ether oxygens (including phenoxy) is 2. The van der Waals surface area contributed by atoms with Gasteiger partial charge in [-0.05, 0) is 24.4 Å². The molecule has 1 aromatic carbocycles. The first-order valence-electron chi connectivity index (χ1n) is 8.46. The van der Waals surface area contributed by atoms with Crippen LogP contribution in [0.1, 0.15) is 15.9 Å². The molecule has 4 N–H and O–H groups in total. The van der Waals surface area contributed by atoms with Crippen LogP contribution in [0, 0.1) is 0 Å². The molecule has 3 aliphatic heterocycles. The van der Waals surface area contributed by atoms with Crippen LogP contribution in [-0.4, -0.2) is 72.6 Å². The van der Waals surface area contributed by atoms with Gasteiger partial charge in [0.15, 0.2) is 0 Å². The van der Waals surface area contributed by atoms with E-state index in [0.29, 0.717) is 45.6 Å². The van der Waals surface area contributed by atoms with Gasteiger partial charge < -0.3 is 30.0 Å². The Labute approximate surface area is 145 Å². The van der Waals surface area contributed by atoms with Crippen LogP contribution < -0.4 is 15.1 Å². The first kappa shape index (κ1) is 16.7. The van der Waals surface area contributed by atoms with Gasteiger partial charge in [-0.15, -0.1) is 0 Å². The van der Waals surface area contributed by atoms with Crippen molar-refractivity contribution in [1.29, 1.82) is 0 Å². The number of aryl methyl sites for hydroxylation is 1. The van der Waals surface area contributed by atoms with Crippen molar-refractivity contribution in [2.45, 2.75) is 24.4 Å². The van der Waals surface area contributed by atoms with Crippen molar-refractivity contribution in [3.05, 3.63) is 23.3 Å². The lowest BCUT2D eigenvalue weighted by molar-refractivity contribution is -0.176. The Balaban J connectivity index is 1.50. The van der Waals surface area contributed by atoms with Crippen molar-refractivity contribution in [2.75, 3.05) is 32.8 Å². The van der Waals surface area contributed by atoms with E-state index in [1.54, 1.807) is 12.1 Å². The summed E-state index contributed by atoms with van der Waals surface area (Å²) in [5, 5.41) is 19.3. The lowest BCUT2D eigenvalue weighted by atomic mass is 9.78. The van der Waals surface area contributed by atoms with Crippen LogP contribution in [0.3, 0.4) is 0 Å². The lowest BCUT2D eigenvalue weighted by Crippen LogP contribution is -2.73. The minimum absolute atomic E-state index is 0.0183. The normalized spacial score (nSPS) is 22.4. The summed E-state index contributed by atoms with van der Waals surface area (Å²) in [6.07, 6.45) is 0.925. The number of aromatic carboxylic acids is 1. The van der Waals surface area contributed by atoms with Gasteiger partial charge in [-0.2, -0.15) is 0 Å². The van der Waals surface area contributed by atoms with Gasteiger partial charge in [-0.3, -0.25) is 4.90 Å². The Morgan fingerprint density at radius 2 is 2.20 bits per heavy atom. The number of carboxylic acid groups (broad SMARTS) is 1. The van der Waals surface area contributed by atoms with Gasteiger partial charge in [-0.25, -0.2) is 4.79 Å². The zero-order valence-electron chi connectivity index (χ0n) is 13.8. The molecular formula is C16H21BN2O6. The molecular weight excluding hydrogens is 327 g/mol. The second kappa shape index (κ2) is 6.17. The summed E-state index contributed by atoms with van der Waals surface area (Å²) >= 11 is 0. The molecule has 8 nitrogen and oxygen atoms in total. The van der Waals surface area contributed by atoms with Crippen molar-refractivity contribution < 1.29 is 29.1 Å². The number of fused-ring (bicyclic) bond motifs is 1. The Morgan fingerprint density at radius 1 is 1.44 bits per heavy atom. The van der Waals surface area contributed by atoms with Crippen LogP contribution in [0.2, 0.25) is 6.32 Å². The summed E-state index contributed by atoms with van der Waals surface area (Å²) in [7, 11) is -0.983. The minimum atomic E-state index is -1.12. The number of rotatable bonds is 5. The maximum absolute atomic E-state index is 11.7. The summed E-state index contributed by atoms with van der Waals surface area (Å²) in [6.45, 7) is 3.15. The monoisotopic (exact) mass is 348 g/mol. The van der Waals surface area contributed by atoms with Crippen LogP contribution in [-0.2, 0) is 11.2 Å². The Hall–Kier alpha value is -1.81. The Morgan fingerprint density at radius 3 is 2.80 bits per heavy atom. The first-order chi connectivity index (χ1) is 12.0. The van der Waals surface area contributed by atoms with Gasteiger partial charge in [0, 0.05) is 19.6 Å². The molecule has 0 bridgehead atoms. The molecule has 3 aliphatic rings. The molecule has 1 aromatic rings. The number of nitrogens with zero attached hydrogens (tertiary/aromatic N) is 1. The molecule has 134 valence electrons. The van der Waals surface area contributed by atoms with Crippen molar-refractivity contribution in [3.63, 3.8) is 0 Å². The molecule has 2 fully saturated rings. The Kier molecular flexibility index (Phi) is 4.11. The summed E-state index contributed by atoms with van der Waals surface area (Å²) < 4.78 is 16.6. The average Bonchev–Trinajstić information content (AvgIpc) is 2.50. The minimum Gasteiger partial charge on any atom is -0.535 e. The zero-order valence-corrected chi connectivity index (χ0v) is 13.8. The molecule has 0 atom stereocenters. The summed E-state index contributed by atoms with van der Waals surface area (Å²) in [6, 6.07) is 3.48. The fraction of sp³-hybridized carbons (Fsp3) is 0.562. The van der Waals surface area contributed by atoms with E-state index in [0.717, 1.165) is 5.56 Å². The van der Waals surface area contributed by atoms with Gasteiger partial charge >= 0.3 is 13.1 Å². The Bertz CT molecular complexity index is 684. The van der Waals surface area contributed by atoms with E-state index < -0.39 is 13.1 Å². The standard InChI is InChI=1S/C16H21BN2O6/c18-7-16(8-23-9-16)19-5-11(6-19)24-12-2-1-10-3-4-17(22)25-14(10)13(12)15(20)21/h1-2,11,22H,3-9,18H2,(H,20,21). The highest BCUT2D eigenvalue weighted by molar-refractivity contribution is 6.44. The third-order valence-electron chi connectivity index (χ3n) is 5.26. The predicted molar refractivity (Wildman–Crippen MR) is 89.1 cm³/mol. The van der Waals surface area contributed by atoms with Crippen LogP contribution in [0.5, 0.6) is 11.5 Å². The molecule has 0 aliphatic carbocycles. The first-order valence-corrected chi connectivity index (χ1v) is 8.46. The van der Waals surface area contributed by atoms with Crippen molar-refractivity contribution in [2.24, 2.45) is 5.73 Å². The smallest absolute Gasteiger partial charge is 0.522 e. The highest BCUT2D eigenvalue weighted by Crippen LogP contribution is 2.38. The van der Waals surface area contributed by atoms with Crippen molar-refractivity contribution in [3.8, 4) is 11.5 Å². The fourth-order valence-electron chi connectivity index (χ4n) is 3.56. The van der Waals surface area contributed by atoms with E-state index in [9.17, 15) is 14.9 Å². The second-order valence-corrected chi connectivity index (χ2v) is 6.91. The quantitative estimate of drug-likeness (QED) is 0.616. The lowest BCUT2D eigenvalue weighted by Gasteiger charge is -2.55. The van der Waals surface area contributed by atoms with Crippen LogP contribution in [0.15, 0.2) is 12.1 Å². The average molecular weight is 348 g/mol. The summed E-state index contributed by atoms with van der Waals surface area (Å²) in [5.41, 5.74) is 6.51. The SMILES string of the molecule is NCC1(N2CC(Oc3ccc4c(c3C(=O)O)OB(O)CC4)C2)COC1. The maximum Gasteiger partial charge on any atom is 0.522 e. The molecule has 4 rings (SSSR count). The molecule has 3 heterocycles. The topological polar surface area (TPSA) is 114 Å². The summed E-state index contributed by atoms with van der Waals surface area (Å²) in [5.74, 6) is -0.634. The van der Waals surface area contributed by atoms with E-state index >= 15 is 0 Å². The highest BCUT2D eigenvalue weighted by atomic mass is 16.5. The van der Waals surface area contributed by atoms with Gasteiger partial charge in [-0.1, -0.05) is 6.07 Å². The number of carboxylic acids is 1. The number of carbonyl (C=O) groups is 1. The second-order valence-electron chi connectivity index (χ2n) is 6.91. The van der Waals surface area contributed by atoms with Crippen molar-refractivity contribution >= 4 is 13.1 Å². The number of benzene rings is 1. The highest BCUT2D eigenvalue weighted by Gasteiger charge is 2.49. The molecule has 9 heteroatoms. The van der Waals surface area contributed by atoms with E-state index in [4.69, 9.17) is 19.9 Å². The van der Waals surface area contributed by atoms with E-state index in [1.807, 2.05) is 0 Å². The fourth-order valence-corrected chi connectivity index (χ4v) is 3.56. The van der Waals surface area contributed by atoms with E-state index in [2.05, 4.69) is 4.90 Å². The predicted octanol–water partition coefficient (Wildman–Crippen LogP) is -0.409. The largest absolute Gasteiger partial charge is 0.535 e. The third-order valence-corrected chi connectivity index (χ3v) is 5.26. The van der Waals surface area contributed by atoms with Gasteiger partial charge in [0.1, 0.15) is 23.2 Å². The molecule has 0 spiro atoms. The molecule has 0 aromatic heterocycles. The molecule has 0 amide bonds. The van der Waals surface area contributed by atoms with Crippen LogP contribution >= 0.6 is 0 Å². The van der Waals surface area contributed by atoms with Crippen LogP contribution in [0.4, 0.5) is 0 Å². The number of hydrogen-bond acceptors (Lipinski definition) is 7. The van der Waals surface area contributed by atoms with Gasteiger partial charge in [0.05, 0.1) is 18.8 Å². The third kappa shape index (κ3) is 2.77. The van der Waals surface area contributed by atoms with Crippen molar-refractivity contribution in [1.82, 2.24) is 4.90 Å². The number of nitrogens with two attached hydrogens (primary N) is 1. The molecule has 0 radical (unpaired) electrons.